The molecule has 0 saturated carbocycles. The average Bonchev–Trinajstić information content (AvgIpc) is 2.71. The number of nitrogens with two attached hydrogens (primary N) is 1. The smallest absolute Gasteiger partial charge is 0.282 e. The summed E-state index contributed by atoms with van der Waals surface area (Å²) in [4.78, 5) is 23.9. The van der Waals surface area contributed by atoms with Gasteiger partial charge >= 0.3 is 0 Å². The minimum absolute atomic E-state index is 0. The van der Waals surface area contributed by atoms with E-state index in [9.17, 15) is 9.59 Å². The van der Waals surface area contributed by atoms with Gasteiger partial charge in [0.15, 0.2) is 6.04 Å². The Kier molecular flexibility index (Phi) is 13.1. The zero-order valence-electron chi connectivity index (χ0n) is 17.0. The number of nitrogens with one attached hydrogen (secondary N) is 2. The summed E-state index contributed by atoms with van der Waals surface area (Å²) in [5.74, 6) is 0.363. The molecule has 1 aliphatic rings. The Balaban J connectivity index is 0.00000420. The van der Waals surface area contributed by atoms with Gasteiger partial charge in [-0.05, 0) is 44.2 Å². The van der Waals surface area contributed by atoms with Crippen LogP contribution in [-0.2, 0) is 9.59 Å². The number of carbonyl (C=O) groups is 2. The van der Waals surface area contributed by atoms with Crippen molar-refractivity contribution in [3.8, 4) is 5.75 Å². The van der Waals surface area contributed by atoms with Crippen LogP contribution in [0, 0.1) is 0 Å². The number of ether oxygens (including phenoxy) is 1. The predicted octanol–water partition coefficient (Wildman–Crippen LogP) is -0.640. The molecule has 0 radical (unpaired) electrons. The molecular formula is C21H34ClN3O4. The van der Waals surface area contributed by atoms with Crippen molar-refractivity contribution in [1.29, 1.82) is 0 Å². The third kappa shape index (κ3) is 9.96. The van der Waals surface area contributed by atoms with Crippen molar-refractivity contribution in [1.82, 2.24) is 5.48 Å². The third-order valence-electron chi connectivity index (χ3n) is 5.08. The standard InChI is InChI=1S/C21H33N3O4.ClH/c25-20(24-27)14-6-4-5-12-18-21(26)23-17-11-7-8-13-19(17)28-16-10-3-1-2-9-15-22-18;/h7-8,11,13,18,22,27H,1-6,9-10,12,14-16H2,(H,23,26)(H,24,25);1H/t18-;/m0./s1. The Bertz CT molecular complexity index is 615. The van der Waals surface area contributed by atoms with Crippen molar-refractivity contribution in [2.24, 2.45) is 0 Å². The predicted molar refractivity (Wildman–Crippen MR) is 107 cm³/mol. The van der Waals surface area contributed by atoms with Gasteiger partial charge in [-0.15, -0.1) is 0 Å². The Morgan fingerprint density at radius 2 is 1.90 bits per heavy atom. The molecule has 2 amide bonds. The minimum atomic E-state index is -0.362. The van der Waals surface area contributed by atoms with Crippen LogP contribution in [0.2, 0.25) is 0 Å². The second kappa shape index (κ2) is 15.1. The van der Waals surface area contributed by atoms with Gasteiger partial charge in [-0.2, -0.15) is 0 Å². The summed E-state index contributed by atoms with van der Waals surface area (Å²) in [6, 6.07) is 7.44. The van der Waals surface area contributed by atoms with Gasteiger partial charge in [0, 0.05) is 12.8 Å². The number of carbonyl (C=O) groups excluding carboxylic acids is 2. The Morgan fingerprint density at radius 3 is 2.72 bits per heavy atom. The summed E-state index contributed by atoms with van der Waals surface area (Å²) in [7, 11) is 0. The van der Waals surface area contributed by atoms with Crippen LogP contribution in [0.3, 0.4) is 0 Å². The van der Waals surface area contributed by atoms with Gasteiger partial charge in [0.25, 0.3) is 5.91 Å². The van der Waals surface area contributed by atoms with E-state index in [0.29, 0.717) is 19.4 Å². The normalized spacial score (nSPS) is 18.2. The highest BCUT2D eigenvalue weighted by molar-refractivity contribution is 5.95. The van der Waals surface area contributed by atoms with Crippen LogP contribution >= 0.6 is 0 Å². The Hall–Kier alpha value is -1.83. The first-order valence-electron chi connectivity index (χ1n) is 10.5. The van der Waals surface area contributed by atoms with Crippen molar-refractivity contribution in [2.45, 2.75) is 70.3 Å². The van der Waals surface area contributed by atoms with Gasteiger partial charge in [-0.25, -0.2) is 5.48 Å². The van der Waals surface area contributed by atoms with E-state index in [0.717, 1.165) is 50.1 Å². The highest BCUT2D eigenvalue weighted by atomic mass is 35.5. The van der Waals surface area contributed by atoms with Crippen LogP contribution in [-0.4, -0.2) is 36.2 Å². The van der Waals surface area contributed by atoms with Gasteiger partial charge in [0.2, 0.25) is 5.91 Å². The summed E-state index contributed by atoms with van der Waals surface area (Å²) < 4.78 is 5.88. The highest BCUT2D eigenvalue weighted by Crippen LogP contribution is 2.24. The molecule has 1 heterocycles. The Labute approximate surface area is 179 Å². The molecule has 0 bridgehead atoms. The lowest BCUT2D eigenvalue weighted by Gasteiger charge is -2.18. The van der Waals surface area contributed by atoms with Crippen molar-refractivity contribution >= 4 is 17.5 Å². The summed E-state index contributed by atoms with van der Waals surface area (Å²) >= 11 is 0. The number of quaternary nitrogens is 1. The Morgan fingerprint density at radius 1 is 1.14 bits per heavy atom. The first-order valence-corrected chi connectivity index (χ1v) is 10.5. The van der Waals surface area contributed by atoms with Crippen molar-refractivity contribution in [2.75, 3.05) is 18.5 Å². The molecule has 0 aromatic heterocycles. The molecule has 8 heteroatoms. The zero-order chi connectivity index (χ0) is 20.0. The van der Waals surface area contributed by atoms with E-state index in [1.165, 1.54) is 19.3 Å². The maximum absolute atomic E-state index is 12.9. The summed E-state index contributed by atoms with van der Waals surface area (Å²) in [6.45, 7) is 1.62. The molecule has 2 rings (SSSR count). The van der Waals surface area contributed by atoms with Gasteiger partial charge < -0.3 is 27.8 Å². The molecule has 1 aliphatic heterocycles. The fraction of sp³-hybridized carbons (Fsp3) is 0.619. The molecule has 1 aromatic carbocycles. The van der Waals surface area contributed by atoms with E-state index in [2.05, 4.69) is 10.6 Å². The molecule has 0 fully saturated rings. The van der Waals surface area contributed by atoms with Gasteiger partial charge in [-0.3, -0.25) is 14.8 Å². The topological polar surface area (TPSA) is 104 Å². The fourth-order valence-electron chi connectivity index (χ4n) is 3.44. The molecule has 7 nitrogen and oxygen atoms in total. The average molecular weight is 428 g/mol. The van der Waals surface area contributed by atoms with E-state index in [1.54, 1.807) is 5.48 Å². The molecule has 0 spiro atoms. The maximum Gasteiger partial charge on any atom is 0.282 e. The number of para-hydroxylation sites is 2. The van der Waals surface area contributed by atoms with Crippen molar-refractivity contribution in [3.63, 3.8) is 0 Å². The largest absolute Gasteiger partial charge is 1.00 e. The number of unbranched alkanes of at least 4 members (excludes halogenated alkanes) is 2. The molecule has 164 valence electrons. The minimum Gasteiger partial charge on any atom is -1.00 e. The lowest BCUT2D eigenvalue weighted by atomic mass is 10.1. The molecule has 5 N–H and O–H groups in total. The van der Waals surface area contributed by atoms with Gasteiger partial charge in [0.1, 0.15) is 5.75 Å². The lowest BCUT2D eigenvalue weighted by Crippen LogP contribution is -3.00. The second-order valence-electron chi connectivity index (χ2n) is 7.37. The number of amides is 2. The van der Waals surface area contributed by atoms with Crippen LogP contribution in [0.5, 0.6) is 5.75 Å². The van der Waals surface area contributed by atoms with Crippen LogP contribution in [0.15, 0.2) is 24.3 Å². The maximum atomic E-state index is 12.9. The number of benzene rings is 1. The SMILES string of the molecule is O=C(CCCCC[C@@H]1[NH2+]CCCCCCCOc2ccccc2NC1=O)NO.[Cl-]. The van der Waals surface area contributed by atoms with Crippen LogP contribution in [0.25, 0.3) is 0 Å². The van der Waals surface area contributed by atoms with Crippen LogP contribution in [0.4, 0.5) is 5.69 Å². The van der Waals surface area contributed by atoms with Crippen molar-refractivity contribution in [3.05, 3.63) is 24.3 Å². The second-order valence-corrected chi connectivity index (χ2v) is 7.37. The molecule has 0 saturated heterocycles. The van der Waals surface area contributed by atoms with E-state index >= 15 is 0 Å². The lowest BCUT2D eigenvalue weighted by molar-refractivity contribution is -0.677. The number of hydroxylamine groups is 1. The van der Waals surface area contributed by atoms with E-state index < -0.39 is 0 Å². The highest BCUT2D eigenvalue weighted by Gasteiger charge is 2.22. The zero-order valence-corrected chi connectivity index (χ0v) is 17.8. The number of hydrogen-bond donors (Lipinski definition) is 4. The summed E-state index contributed by atoms with van der Waals surface area (Å²) in [6.07, 6.45) is 9.17. The number of anilines is 1. The number of rotatable bonds is 6. The molecular weight excluding hydrogens is 394 g/mol. The fourth-order valence-corrected chi connectivity index (χ4v) is 3.44. The number of hydrogen-bond acceptors (Lipinski definition) is 4. The summed E-state index contributed by atoms with van der Waals surface area (Å²) in [5.41, 5.74) is 2.37. The molecule has 1 atom stereocenters. The van der Waals surface area contributed by atoms with Crippen LogP contribution in [0.1, 0.15) is 64.2 Å². The molecule has 0 aliphatic carbocycles. The van der Waals surface area contributed by atoms with Crippen LogP contribution < -0.4 is 33.3 Å². The first kappa shape index (κ1) is 25.2. The first-order chi connectivity index (χ1) is 13.7. The van der Waals surface area contributed by atoms with E-state index in [4.69, 9.17) is 9.94 Å². The molecule has 1 aromatic rings. The monoisotopic (exact) mass is 427 g/mol. The summed E-state index contributed by atoms with van der Waals surface area (Å²) in [5, 5.41) is 13.7. The number of halogens is 1. The quantitative estimate of drug-likeness (QED) is 0.275. The number of fused-ring (bicyclic) bond motifs is 1. The third-order valence-corrected chi connectivity index (χ3v) is 5.08. The molecule has 29 heavy (non-hydrogen) atoms. The van der Waals surface area contributed by atoms with E-state index in [-0.39, 0.29) is 30.3 Å². The molecule has 0 unspecified atom stereocenters. The van der Waals surface area contributed by atoms with E-state index in [1.807, 2.05) is 24.3 Å². The van der Waals surface area contributed by atoms with Gasteiger partial charge in [-0.1, -0.05) is 31.4 Å². The van der Waals surface area contributed by atoms with Gasteiger partial charge in [0.05, 0.1) is 18.8 Å². The van der Waals surface area contributed by atoms with Crippen molar-refractivity contribution < 1.29 is 37.3 Å².